The lowest BCUT2D eigenvalue weighted by Gasteiger charge is -2.07. The number of hydrogen-bond acceptors (Lipinski definition) is 4. The number of nitrogens with one attached hydrogen (secondary N) is 1. The van der Waals surface area contributed by atoms with Gasteiger partial charge in [0, 0.05) is 5.69 Å². The molecule has 1 aromatic carbocycles. The largest absolute Gasteiger partial charge is 0.477 e. The first-order valence-corrected chi connectivity index (χ1v) is 8.51. The molecule has 2 aromatic rings. The highest BCUT2D eigenvalue weighted by molar-refractivity contribution is 9.11. The van der Waals surface area contributed by atoms with Gasteiger partial charge in [-0.25, -0.2) is 13.2 Å². The van der Waals surface area contributed by atoms with E-state index in [9.17, 15) is 13.2 Å². The number of aryl methyl sites for hydroxylation is 1. The maximum absolute atomic E-state index is 12.2. The zero-order valence-corrected chi connectivity index (χ0v) is 13.5. The van der Waals surface area contributed by atoms with Crippen molar-refractivity contribution in [2.45, 2.75) is 11.8 Å². The highest BCUT2D eigenvalue weighted by atomic mass is 79.9. The van der Waals surface area contributed by atoms with Crippen LogP contribution in [0.5, 0.6) is 0 Å². The summed E-state index contributed by atoms with van der Waals surface area (Å²) in [7, 11) is -3.82. The van der Waals surface area contributed by atoms with Crippen molar-refractivity contribution in [2.24, 2.45) is 0 Å². The molecule has 0 aliphatic rings. The van der Waals surface area contributed by atoms with Gasteiger partial charge in [-0.1, -0.05) is 12.1 Å². The van der Waals surface area contributed by atoms with Crippen LogP contribution in [0.15, 0.2) is 39.0 Å². The van der Waals surface area contributed by atoms with Crippen molar-refractivity contribution in [3.8, 4) is 0 Å². The predicted octanol–water partition coefficient (Wildman–Crippen LogP) is 3.32. The number of benzene rings is 1. The van der Waals surface area contributed by atoms with Crippen LogP contribution < -0.4 is 4.72 Å². The van der Waals surface area contributed by atoms with Crippen molar-refractivity contribution in [1.29, 1.82) is 0 Å². The molecular weight excluding hydrogens is 366 g/mol. The van der Waals surface area contributed by atoms with Crippen LogP contribution in [0.25, 0.3) is 0 Å². The minimum absolute atomic E-state index is 0.0403. The van der Waals surface area contributed by atoms with Crippen LogP contribution in [0.1, 0.15) is 15.2 Å². The third-order valence-electron chi connectivity index (χ3n) is 2.43. The summed E-state index contributed by atoms with van der Waals surface area (Å²) in [5, 5.41) is 8.89. The van der Waals surface area contributed by atoms with Crippen molar-refractivity contribution < 1.29 is 18.3 Å². The number of thiophene rings is 1. The third-order valence-corrected chi connectivity index (χ3v) is 6.05. The average molecular weight is 376 g/mol. The molecule has 5 nitrogen and oxygen atoms in total. The fourth-order valence-electron chi connectivity index (χ4n) is 1.56. The molecule has 0 amide bonds. The van der Waals surface area contributed by atoms with Crippen LogP contribution in [0, 0.1) is 6.92 Å². The average Bonchev–Trinajstić information content (AvgIpc) is 2.71. The van der Waals surface area contributed by atoms with Gasteiger partial charge in [0.1, 0.15) is 9.77 Å². The fraction of sp³-hybridized carbons (Fsp3) is 0.0833. The number of sulfonamides is 1. The molecule has 0 bridgehead atoms. The number of carbonyl (C=O) groups is 1. The van der Waals surface area contributed by atoms with Crippen LogP contribution in [0.2, 0.25) is 0 Å². The molecule has 0 radical (unpaired) electrons. The fourth-order valence-corrected chi connectivity index (χ4v) is 5.01. The number of anilines is 1. The Morgan fingerprint density at radius 3 is 2.60 bits per heavy atom. The number of aromatic carboxylic acids is 1. The van der Waals surface area contributed by atoms with Crippen molar-refractivity contribution in [2.75, 3.05) is 4.72 Å². The van der Waals surface area contributed by atoms with Gasteiger partial charge >= 0.3 is 5.97 Å². The van der Waals surface area contributed by atoms with Crippen molar-refractivity contribution in [1.82, 2.24) is 0 Å². The van der Waals surface area contributed by atoms with Crippen molar-refractivity contribution >= 4 is 48.9 Å². The Hall–Kier alpha value is -1.38. The lowest BCUT2D eigenvalue weighted by atomic mass is 10.2. The van der Waals surface area contributed by atoms with Gasteiger partial charge in [-0.15, -0.1) is 11.3 Å². The van der Waals surface area contributed by atoms with Crippen LogP contribution in [-0.2, 0) is 10.0 Å². The lowest BCUT2D eigenvalue weighted by molar-refractivity contribution is 0.0702. The Kier molecular flexibility index (Phi) is 4.17. The summed E-state index contributed by atoms with van der Waals surface area (Å²) in [4.78, 5) is 10.7. The molecular formula is C12H10BrNO4S2. The topological polar surface area (TPSA) is 83.5 Å². The van der Waals surface area contributed by atoms with E-state index in [-0.39, 0.29) is 13.6 Å². The quantitative estimate of drug-likeness (QED) is 0.858. The zero-order chi connectivity index (χ0) is 14.9. The number of carboxylic acids is 1. The molecule has 1 aromatic heterocycles. The molecule has 1 heterocycles. The van der Waals surface area contributed by atoms with E-state index in [0.29, 0.717) is 5.69 Å². The summed E-state index contributed by atoms with van der Waals surface area (Å²) >= 11 is 3.95. The van der Waals surface area contributed by atoms with Crippen molar-refractivity contribution in [3.63, 3.8) is 0 Å². The van der Waals surface area contributed by atoms with E-state index in [1.807, 2.05) is 13.0 Å². The first kappa shape index (κ1) is 15.0. The van der Waals surface area contributed by atoms with Crippen LogP contribution in [0.4, 0.5) is 5.69 Å². The Balaban J connectivity index is 2.38. The molecule has 0 atom stereocenters. The summed E-state index contributed by atoms with van der Waals surface area (Å²) in [6, 6.07) is 8.04. The summed E-state index contributed by atoms with van der Waals surface area (Å²) in [5.74, 6) is -1.16. The van der Waals surface area contributed by atoms with Gasteiger partial charge in [0.25, 0.3) is 10.0 Å². The molecule has 0 aliphatic carbocycles. The Morgan fingerprint density at radius 1 is 1.35 bits per heavy atom. The first-order chi connectivity index (χ1) is 9.29. The number of carboxylic acid groups (broad SMARTS) is 1. The SMILES string of the molecule is Cc1cccc(NS(=O)(=O)c2cc(C(=O)O)sc2Br)c1. The van der Waals surface area contributed by atoms with Gasteiger partial charge in [-0.05, 0) is 46.6 Å². The van der Waals surface area contributed by atoms with E-state index in [1.165, 1.54) is 0 Å². The second-order valence-electron chi connectivity index (χ2n) is 4.03. The molecule has 0 fully saturated rings. The van der Waals surface area contributed by atoms with Gasteiger partial charge in [-0.2, -0.15) is 0 Å². The maximum Gasteiger partial charge on any atom is 0.345 e. The number of hydrogen-bond donors (Lipinski definition) is 2. The predicted molar refractivity (Wildman–Crippen MR) is 81.0 cm³/mol. The second kappa shape index (κ2) is 5.55. The summed E-state index contributed by atoms with van der Waals surface area (Å²) in [6.45, 7) is 1.85. The van der Waals surface area contributed by atoms with E-state index >= 15 is 0 Å². The van der Waals surface area contributed by atoms with E-state index in [1.54, 1.807) is 18.2 Å². The Labute approximate surface area is 128 Å². The normalized spacial score (nSPS) is 11.3. The molecule has 8 heteroatoms. The lowest BCUT2D eigenvalue weighted by Crippen LogP contribution is -2.12. The van der Waals surface area contributed by atoms with Crippen LogP contribution in [0.3, 0.4) is 0 Å². The summed E-state index contributed by atoms with van der Waals surface area (Å²) in [6.07, 6.45) is 0. The van der Waals surface area contributed by atoms with Gasteiger partial charge in [0.15, 0.2) is 0 Å². The molecule has 0 saturated carbocycles. The third kappa shape index (κ3) is 3.20. The zero-order valence-electron chi connectivity index (χ0n) is 10.3. The number of halogens is 1. The van der Waals surface area contributed by atoms with Gasteiger partial charge < -0.3 is 5.11 Å². The summed E-state index contributed by atoms with van der Waals surface area (Å²) < 4.78 is 27.2. The van der Waals surface area contributed by atoms with Gasteiger partial charge in [-0.3, -0.25) is 4.72 Å². The van der Waals surface area contributed by atoms with Crippen LogP contribution in [-0.4, -0.2) is 19.5 Å². The molecule has 0 saturated heterocycles. The standard InChI is InChI=1S/C12H10BrNO4S2/c1-7-3-2-4-8(5-7)14-20(17,18)10-6-9(12(15)16)19-11(10)13/h2-6,14H,1H3,(H,15,16). The molecule has 0 spiro atoms. The van der Waals surface area contributed by atoms with Gasteiger partial charge in [0.2, 0.25) is 0 Å². The molecule has 0 aliphatic heterocycles. The van der Waals surface area contributed by atoms with E-state index < -0.39 is 16.0 Å². The van der Waals surface area contributed by atoms with E-state index in [0.717, 1.165) is 23.0 Å². The number of rotatable bonds is 4. The molecule has 2 N–H and O–H groups in total. The Morgan fingerprint density at radius 2 is 2.05 bits per heavy atom. The molecule has 20 heavy (non-hydrogen) atoms. The van der Waals surface area contributed by atoms with Crippen LogP contribution >= 0.6 is 27.3 Å². The highest BCUT2D eigenvalue weighted by Crippen LogP contribution is 2.32. The Bertz CT molecular complexity index is 768. The molecule has 106 valence electrons. The maximum atomic E-state index is 12.2. The smallest absolute Gasteiger partial charge is 0.345 e. The molecule has 0 unspecified atom stereocenters. The minimum atomic E-state index is -3.82. The summed E-state index contributed by atoms with van der Waals surface area (Å²) in [5.41, 5.74) is 1.35. The monoisotopic (exact) mass is 375 g/mol. The van der Waals surface area contributed by atoms with Crippen molar-refractivity contribution in [3.05, 3.63) is 44.6 Å². The van der Waals surface area contributed by atoms with E-state index in [4.69, 9.17) is 5.11 Å². The first-order valence-electron chi connectivity index (χ1n) is 5.42. The van der Waals surface area contributed by atoms with Gasteiger partial charge in [0.05, 0.1) is 3.79 Å². The second-order valence-corrected chi connectivity index (χ2v) is 8.05. The van der Waals surface area contributed by atoms with E-state index in [2.05, 4.69) is 20.7 Å². The minimum Gasteiger partial charge on any atom is -0.477 e. The molecule has 2 rings (SSSR count). The highest BCUT2D eigenvalue weighted by Gasteiger charge is 2.23.